The summed E-state index contributed by atoms with van der Waals surface area (Å²) in [7, 11) is 0. The Bertz CT molecular complexity index is 4450. The van der Waals surface area contributed by atoms with Gasteiger partial charge in [-0.25, -0.2) is 0 Å². The number of fused-ring (bicyclic) bond motifs is 18. The summed E-state index contributed by atoms with van der Waals surface area (Å²) in [5.41, 5.74) is 14.2. The molecule has 0 saturated carbocycles. The molecule has 0 aliphatic heterocycles. The zero-order chi connectivity index (χ0) is 41.6. The van der Waals surface area contributed by atoms with Crippen LogP contribution in [0.2, 0.25) is 0 Å². The van der Waals surface area contributed by atoms with E-state index in [1.54, 1.807) is 0 Å². The molecular formula is C60H36N4. The van der Waals surface area contributed by atoms with Crippen LogP contribution in [0.25, 0.3) is 131 Å². The van der Waals surface area contributed by atoms with Gasteiger partial charge in [-0.3, -0.25) is 0 Å². The van der Waals surface area contributed by atoms with Crippen LogP contribution >= 0.6 is 0 Å². The Morgan fingerprint density at radius 3 is 0.969 bits per heavy atom. The highest BCUT2D eigenvalue weighted by atomic mass is 15.0. The number of benzene rings is 10. The minimum Gasteiger partial charge on any atom is -0.309 e. The largest absolute Gasteiger partial charge is 0.309 e. The van der Waals surface area contributed by atoms with Gasteiger partial charge in [0.05, 0.1) is 55.2 Å². The van der Waals surface area contributed by atoms with Crippen molar-refractivity contribution in [2.75, 3.05) is 0 Å². The maximum Gasteiger partial charge on any atom is 0.0782 e. The predicted octanol–water partition coefficient (Wildman–Crippen LogP) is 15.9. The summed E-state index contributed by atoms with van der Waals surface area (Å²) < 4.78 is 9.97. The van der Waals surface area contributed by atoms with Crippen LogP contribution in [0.3, 0.4) is 0 Å². The van der Waals surface area contributed by atoms with E-state index in [0.717, 1.165) is 22.4 Å². The third kappa shape index (κ3) is 4.36. The van der Waals surface area contributed by atoms with Crippen LogP contribution in [0.1, 0.15) is 0 Å². The molecular weight excluding hydrogens is 777 g/mol. The molecule has 10 aromatic carbocycles. The normalized spacial score (nSPS) is 12.4. The van der Waals surface area contributed by atoms with Crippen molar-refractivity contribution in [1.82, 2.24) is 17.9 Å². The van der Waals surface area contributed by atoms with Gasteiger partial charge in [0.1, 0.15) is 0 Å². The molecule has 0 aliphatic rings. The fourth-order valence-electron chi connectivity index (χ4n) is 11.5. The molecule has 0 radical (unpaired) electrons. The first-order valence-electron chi connectivity index (χ1n) is 22.1. The van der Waals surface area contributed by atoms with Gasteiger partial charge in [0, 0.05) is 65.2 Å². The highest BCUT2D eigenvalue weighted by molar-refractivity contribution is 6.25. The molecule has 0 aliphatic carbocycles. The van der Waals surface area contributed by atoms with Crippen LogP contribution in [0.4, 0.5) is 0 Å². The maximum atomic E-state index is 2.56. The quantitative estimate of drug-likeness (QED) is 0.166. The van der Waals surface area contributed by atoms with Gasteiger partial charge in [-0.1, -0.05) is 146 Å². The van der Waals surface area contributed by atoms with Crippen LogP contribution in [0.5, 0.6) is 0 Å². The minimum absolute atomic E-state index is 1.15. The van der Waals surface area contributed by atoms with Gasteiger partial charge >= 0.3 is 0 Å². The van der Waals surface area contributed by atoms with Gasteiger partial charge in [-0.15, -0.1) is 0 Å². The van der Waals surface area contributed by atoms with Gasteiger partial charge in [0.15, 0.2) is 0 Å². The number of rotatable bonds is 2. The molecule has 64 heavy (non-hydrogen) atoms. The summed E-state index contributed by atoms with van der Waals surface area (Å²) in [5.74, 6) is 0. The average molecular weight is 813 g/mol. The first-order chi connectivity index (χ1) is 31.8. The third-order valence-corrected chi connectivity index (χ3v) is 14.1. The second-order valence-corrected chi connectivity index (χ2v) is 17.3. The summed E-state index contributed by atoms with van der Waals surface area (Å²) in [6.45, 7) is 0. The van der Waals surface area contributed by atoms with Gasteiger partial charge in [0.2, 0.25) is 0 Å². The van der Waals surface area contributed by atoms with Crippen molar-refractivity contribution in [2.24, 2.45) is 0 Å². The van der Waals surface area contributed by atoms with Gasteiger partial charge in [-0.05, 0) is 83.6 Å². The van der Waals surface area contributed by atoms with Crippen LogP contribution in [-0.2, 0) is 0 Å². The van der Waals surface area contributed by atoms with E-state index in [0.29, 0.717) is 0 Å². The molecule has 0 unspecified atom stereocenters. The van der Waals surface area contributed by atoms with Crippen molar-refractivity contribution in [3.63, 3.8) is 0 Å². The number of hydrogen-bond acceptors (Lipinski definition) is 0. The molecule has 4 nitrogen and oxygen atoms in total. The fourth-order valence-corrected chi connectivity index (χ4v) is 11.5. The molecule has 0 bridgehead atoms. The molecule has 15 aromatic rings. The summed E-state index contributed by atoms with van der Waals surface area (Å²) in [6.07, 6.45) is 0. The second kappa shape index (κ2) is 12.5. The Labute approximate surface area is 365 Å². The average Bonchev–Trinajstić information content (AvgIpc) is 4.09. The van der Waals surface area contributed by atoms with E-state index in [9.17, 15) is 0 Å². The highest BCUT2D eigenvalue weighted by Crippen LogP contribution is 2.43. The van der Waals surface area contributed by atoms with E-state index in [1.165, 1.54) is 109 Å². The van der Waals surface area contributed by atoms with Crippen molar-refractivity contribution in [1.29, 1.82) is 0 Å². The van der Waals surface area contributed by atoms with Crippen molar-refractivity contribution >= 4 is 120 Å². The molecule has 0 N–H and O–H groups in total. The first-order valence-corrected chi connectivity index (χ1v) is 22.1. The number of hydrogen-bond donors (Lipinski definition) is 0. The van der Waals surface area contributed by atoms with E-state index in [2.05, 4.69) is 236 Å². The summed E-state index contributed by atoms with van der Waals surface area (Å²) in [5, 5.41) is 14.8. The monoisotopic (exact) mass is 812 g/mol. The summed E-state index contributed by atoms with van der Waals surface area (Å²) in [4.78, 5) is 0. The van der Waals surface area contributed by atoms with Gasteiger partial charge < -0.3 is 17.9 Å². The summed E-state index contributed by atoms with van der Waals surface area (Å²) >= 11 is 0. The third-order valence-electron chi connectivity index (χ3n) is 14.1. The molecule has 0 fully saturated rings. The van der Waals surface area contributed by atoms with Crippen molar-refractivity contribution in [3.05, 3.63) is 218 Å². The molecule has 0 atom stereocenters. The van der Waals surface area contributed by atoms with Gasteiger partial charge in [0.25, 0.3) is 0 Å². The maximum absolute atomic E-state index is 2.56. The molecule has 15 rings (SSSR count). The van der Waals surface area contributed by atoms with Crippen molar-refractivity contribution < 1.29 is 0 Å². The Balaban J connectivity index is 1.15. The Morgan fingerprint density at radius 2 is 0.484 bits per heavy atom. The lowest BCUT2D eigenvalue weighted by Crippen LogP contribution is -1.94. The van der Waals surface area contributed by atoms with Crippen LogP contribution in [0.15, 0.2) is 218 Å². The van der Waals surface area contributed by atoms with Crippen LogP contribution in [-0.4, -0.2) is 17.9 Å². The lowest BCUT2D eigenvalue weighted by atomic mass is 10.0. The van der Waals surface area contributed by atoms with E-state index >= 15 is 0 Å². The Morgan fingerprint density at radius 1 is 0.188 bits per heavy atom. The standard InChI is InChI=1S/C60H36N4/c1-2-16-40-39(15-1)41-17-3-12-29-55(41)63-56-33-31-38(62-53-27-10-6-20-44(53)45-21-7-11-28-54(45)62)36-50(56)48-24-14-30-58(60(48)63)64-57-34-32-37(35-49(57)47-23-13-22-46(40)59(47)64)61-51-25-8-4-18-42(51)43-19-5-9-26-52(43)61/h1-36H. The lowest BCUT2D eigenvalue weighted by molar-refractivity contribution is 1.18. The molecule has 5 aromatic heterocycles. The number of nitrogens with zero attached hydrogens (tertiary/aromatic N) is 4. The lowest BCUT2D eigenvalue weighted by Gasteiger charge is -2.11. The molecule has 4 heteroatoms. The zero-order valence-electron chi connectivity index (χ0n) is 34.6. The van der Waals surface area contributed by atoms with E-state index in [1.807, 2.05) is 0 Å². The van der Waals surface area contributed by atoms with Crippen molar-refractivity contribution in [2.45, 2.75) is 0 Å². The summed E-state index contributed by atoms with van der Waals surface area (Å²) in [6, 6.07) is 81.1. The van der Waals surface area contributed by atoms with Gasteiger partial charge in [-0.2, -0.15) is 0 Å². The second-order valence-electron chi connectivity index (χ2n) is 17.3. The van der Waals surface area contributed by atoms with E-state index in [4.69, 9.17) is 0 Å². The fraction of sp³-hybridized carbons (Fsp3) is 0. The Kier molecular flexibility index (Phi) is 6.65. The SMILES string of the molecule is c1ccc2c(c1)c1ccccc1n1c3ccc(-n4c5ccccc5c5ccccc54)cc3c3cccc(c31)n1c3ccc(-n4c5ccccc5c5ccccc54)cc3c3cccc2c31. The van der Waals surface area contributed by atoms with Crippen molar-refractivity contribution in [3.8, 4) is 11.4 Å². The molecule has 5 heterocycles. The predicted molar refractivity (Wildman–Crippen MR) is 271 cm³/mol. The van der Waals surface area contributed by atoms with E-state index < -0.39 is 0 Å². The molecule has 0 amide bonds. The molecule has 0 saturated heterocycles. The van der Waals surface area contributed by atoms with Crippen LogP contribution in [0, 0.1) is 0 Å². The first kappa shape index (κ1) is 34.0. The topological polar surface area (TPSA) is 18.7 Å². The number of aromatic nitrogens is 4. The van der Waals surface area contributed by atoms with E-state index in [-0.39, 0.29) is 0 Å². The zero-order valence-corrected chi connectivity index (χ0v) is 34.6. The number of para-hydroxylation sites is 7. The molecule has 296 valence electrons. The highest BCUT2D eigenvalue weighted by Gasteiger charge is 2.21. The Hall–Kier alpha value is -8.60. The smallest absolute Gasteiger partial charge is 0.0782 e. The molecule has 0 spiro atoms. The van der Waals surface area contributed by atoms with Crippen LogP contribution < -0.4 is 0 Å². The minimum atomic E-state index is 1.15.